The van der Waals surface area contributed by atoms with Gasteiger partial charge in [-0.3, -0.25) is 9.59 Å². The summed E-state index contributed by atoms with van der Waals surface area (Å²) in [4.78, 5) is 35.8. The zero-order valence-corrected chi connectivity index (χ0v) is 15.7. The van der Waals surface area contributed by atoms with Gasteiger partial charge < -0.3 is 14.7 Å². The van der Waals surface area contributed by atoms with Gasteiger partial charge in [0.05, 0.1) is 5.56 Å². The van der Waals surface area contributed by atoms with Gasteiger partial charge in [0.2, 0.25) is 0 Å². The molecule has 0 spiro atoms. The molecule has 0 atom stereocenters. The van der Waals surface area contributed by atoms with Crippen LogP contribution in [0.5, 0.6) is 0 Å². The number of hydrogen-bond donors (Lipinski definition) is 0. The summed E-state index contributed by atoms with van der Waals surface area (Å²) in [5.74, 6) is 0.224. The van der Waals surface area contributed by atoms with E-state index in [4.69, 9.17) is 0 Å². The van der Waals surface area contributed by atoms with E-state index in [2.05, 4.69) is 9.88 Å². The third-order valence-electron chi connectivity index (χ3n) is 5.37. The minimum atomic E-state index is -0.364. The third-order valence-corrected chi connectivity index (χ3v) is 5.37. The number of carbonyl (C=O) groups is 2. The van der Waals surface area contributed by atoms with Crippen molar-refractivity contribution in [1.82, 2.24) is 14.8 Å². The lowest BCUT2D eigenvalue weighted by Crippen LogP contribution is -2.50. The zero-order chi connectivity index (χ0) is 19.5. The summed E-state index contributed by atoms with van der Waals surface area (Å²) in [5.41, 5.74) is 1.09. The highest BCUT2D eigenvalue weighted by molar-refractivity contribution is 5.99. The van der Waals surface area contributed by atoms with E-state index < -0.39 is 0 Å². The Morgan fingerprint density at radius 1 is 0.821 bits per heavy atom. The monoisotopic (exact) mass is 382 g/mol. The minimum Gasteiger partial charge on any atom is -0.356 e. The van der Waals surface area contributed by atoms with Gasteiger partial charge in [-0.15, -0.1) is 0 Å². The molecule has 4 rings (SSSR count). The van der Waals surface area contributed by atoms with Crippen molar-refractivity contribution in [2.75, 3.05) is 44.2 Å². The van der Waals surface area contributed by atoms with Crippen LogP contribution in [0.1, 0.15) is 33.6 Å². The van der Waals surface area contributed by atoms with Gasteiger partial charge in [0.1, 0.15) is 11.6 Å². The lowest BCUT2D eigenvalue weighted by molar-refractivity contribution is 0.0535. The van der Waals surface area contributed by atoms with E-state index >= 15 is 0 Å². The lowest BCUT2D eigenvalue weighted by Gasteiger charge is -2.35. The molecular weight excluding hydrogens is 359 g/mol. The van der Waals surface area contributed by atoms with Gasteiger partial charge >= 0.3 is 0 Å². The maximum absolute atomic E-state index is 13.1. The highest BCUT2D eigenvalue weighted by Crippen LogP contribution is 2.23. The lowest BCUT2D eigenvalue weighted by atomic mass is 10.1. The zero-order valence-electron chi connectivity index (χ0n) is 15.7. The van der Waals surface area contributed by atoms with Crippen LogP contribution in [0.3, 0.4) is 0 Å². The third kappa shape index (κ3) is 3.69. The van der Waals surface area contributed by atoms with Gasteiger partial charge in [0.15, 0.2) is 0 Å². The summed E-state index contributed by atoms with van der Waals surface area (Å²) in [6.45, 7) is 3.72. The van der Waals surface area contributed by atoms with Gasteiger partial charge in [-0.2, -0.15) is 0 Å². The van der Waals surface area contributed by atoms with Gasteiger partial charge in [-0.25, -0.2) is 9.37 Å². The summed E-state index contributed by atoms with van der Waals surface area (Å²) in [6, 6.07) is 9.19. The van der Waals surface area contributed by atoms with E-state index in [9.17, 15) is 14.0 Å². The van der Waals surface area contributed by atoms with Crippen LogP contribution in [0, 0.1) is 5.82 Å². The SMILES string of the molecule is O=C(c1ccc(F)cc1)N1CCN(C(=O)c2cccnc2N2CCCC2)CC1. The van der Waals surface area contributed by atoms with E-state index in [1.165, 1.54) is 24.3 Å². The highest BCUT2D eigenvalue weighted by Gasteiger charge is 2.28. The average molecular weight is 382 g/mol. The topological polar surface area (TPSA) is 56.8 Å². The molecule has 3 heterocycles. The summed E-state index contributed by atoms with van der Waals surface area (Å²) in [6.07, 6.45) is 3.96. The Labute approximate surface area is 163 Å². The van der Waals surface area contributed by atoms with Crippen molar-refractivity contribution in [2.45, 2.75) is 12.8 Å². The number of rotatable bonds is 3. The Hall–Kier alpha value is -2.96. The van der Waals surface area contributed by atoms with E-state index in [0.717, 1.165) is 31.7 Å². The van der Waals surface area contributed by atoms with Gasteiger partial charge in [0.25, 0.3) is 11.8 Å². The largest absolute Gasteiger partial charge is 0.356 e. The van der Waals surface area contributed by atoms with Crippen molar-refractivity contribution in [3.8, 4) is 0 Å². The molecule has 0 aliphatic carbocycles. The molecule has 1 aromatic carbocycles. The summed E-state index contributed by atoms with van der Waals surface area (Å²) in [5, 5.41) is 0. The molecule has 6 nitrogen and oxygen atoms in total. The van der Waals surface area contributed by atoms with Gasteiger partial charge in [-0.05, 0) is 49.2 Å². The number of halogens is 1. The van der Waals surface area contributed by atoms with Crippen molar-refractivity contribution in [3.05, 3.63) is 59.5 Å². The number of pyridine rings is 1. The number of amides is 2. The molecule has 2 aliphatic rings. The second kappa shape index (κ2) is 7.96. The molecule has 0 unspecified atom stereocenters. The van der Waals surface area contributed by atoms with Crippen LogP contribution >= 0.6 is 0 Å². The Morgan fingerprint density at radius 2 is 1.43 bits per heavy atom. The number of benzene rings is 1. The normalized spacial score (nSPS) is 17.1. The van der Waals surface area contributed by atoms with Crippen LogP contribution in [-0.4, -0.2) is 65.9 Å². The van der Waals surface area contributed by atoms with Crippen molar-refractivity contribution in [2.24, 2.45) is 0 Å². The van der Waals surface area contributed by atoms with Gasteiger partial charge in [0, 0.05) is 51.0 Å². The van der Waals surface area contributed by atoms with Crippen LogP contribution in [0.25, 0.3) is 0 Å². The molecule has 2 aliphatic heterocycles. The maximum atomic E-state index is 13.1. The summed E-state index contributed by atoms with van der Waals surface area (Å²) in [7, 11) is 0. The van der Waals surface area contributed by atoms with E-state index in [1.807, 2.05) is 6.07 Å². The van der Waals surface area contributed by atoms with Crippen LogP contribution in [0.2, 0.25) is 0 Å². The number of nitrogens with zero attached hydrogens (tertiary/aromatic N) is 4. The van der Waals surface area contributed by atoms with Crippen molar-refractivity contribution < 1.29 is 14.0 Å². The van der Waals surface area contributed by atoms with Gasteiger partial charge in [-0.1, -0.05) is 0 Å². The van der Waals surface area contributed by atoms with E-state index in [0.29, 0.717) is 37.3 Å². The Balaban J connectivity index is 1.42. The number of anilines is 1. The number of aromatic nitrogens is 1. The maximum Gasteiger partial charge on any atom is 0.257 e. The molecule has 28 heavy (non-hydrogen) atoms. The van der Waals surface area contributed by atoms with Crippen LogP contribution < -0.4 is 4.90 Å². The summed E-state index contributed by atoms with van der Waals surface area (Å²) < 4.78 is 13.1. The molecular formula is C21H23FN4O2. The Morgan fingerprint density at radius 3 is 2.07 bits per heavy atom. The number of carbonyl (C=O) groups excluding carboxylic acids is 2. The molecule has 2 amide bonds. The first-order valence-corrected chi connectivity index (χ1v) is 9.67. The fourth-order valence-electron chi connectivity index (χ4n) is 3.80. The smallest absolute Gasteiger partial charge is 0.257 e. The molecule has 2 fully saturated rings. The second-order valence-corrected chi connectivity index (χ2v) is 7.16. The molecule has 146 valence electrons. The van der Waals surface area contributed by atoms with Crippen LogP contribution in [0.15, 0.2) is 42.6 Å². The molecule has 2 aromatic rings. The molecule has 0 radical (unpaired) electrons. The second-order valence-electron chi connectivity index (χ2n) is 7.16. The van der Waals surface area contributed by atoms with E-state index in [1.54, 1.807) is 22.1 Å². The average Bonchev–Trinajstić information content (AvgIpc) is 3.28. The molecule has 0 N–H and O–H groups in total. The quantitative estimate of drug-likeness (QED) is 0.818. The van der Waals surface area contributed by atoms with Crippen LogP contribution in [0.4, 0.5) is 10.2 Å². The molecule has 2 saturated heterocycles. The fourth-order valence-corrected chi connectivity index (χ4v) is 3.80. The fraction of sp³-hybridized carbons (Fsp3) is 0.381. The predicted molar refractivity (Wildman–Crippen MR) is 104 cm³/mol. The minimum absolute atomic E-state index is 0.0381. The predicted octanol–water partition coefficient (Wildman–Crippen LogP) is 2.42. The Kier molecular flexibility index (Phi) is 5.23. The first-order chi connectivity index (χ1) is 13.6. The number of piperazine rings is 1. The van der Waals surface area contributed by atoms with Crippen molar-refractivity contribution in [1.29, 1.82) is 0 Å². The Bertz CT molecular complexity index is 857. The molecule has 0 saturated carbocycles. The van der Waals surface area contributed by atoms with Crippen molar-refractivity contribution in [3.63, 3.8) is 0 Å². The standard InChI is InChI=1S/C21H23FN4O2/c22-17-7-5-16(6-8-17)20(27)25-12-14-26(15-13-25)21(28)18-4-3-9-23-19(18)24-10-1-2-11-24/h3-9H,1-2,10-15H2. The van der Waals surface area contributed by atoms with Crippen LogP contribution in [-0.2, 0) is 0 Å². The number of hydrogen-bond acceptors (Lipinski definition) is 4. The van der Waals surface area contributed by atoms with E-state index in [-0.39, 0.29) is 17.6 Å². The summed E-state index contributed by atoms with van der Waals surface area (Å²) >= 11 is 0. The first-order valence-electron chi connectivity index (χ1n) is 9.67. The molecule has 7 heteroatoms. The molecule has 0 bridgehead atoms. The highest BCUT2D eigenvalue weighted by atomic mass is 19.1. The van der Waals surface area contributed by atoms with Crippen molar-refractivity contribution >= 4 is 17.6 Å². The molecule has 1 aromatic heterocycles. The first kappa shape index (κ1) is 18.4.